The molecule has 0 bridgehead atoms. The minimum Gasteiger partial charge on any atom is -0.459 e. The van der Waals surface area contributed by atoms with Crippen molar-refractivity contribution in [2.75, 3.05) is 0 Å². The molecule has 4 nitrogen and oxygen atoms in total. The summed E-state index contributed by atoms with van der Waals surface area (Å²) in [5.41, 5.74) is 0.538. The third-order valence-electron chi connectivity index (χ3n) is 4.62. The van der Waals surface area contributed by atoms with E-state index in [0.29, 0.717) is 5.70 Å². The lowest BCUT2D eigenvalue weighted by molar-refractivity contribution is -0.144. The number of carbonyl (C=O) groups excluding carboxylic acids is 2. The van der Waals surface area contributed by atoms with Gasteiger partial charge in [0.15, 0.2) is 11.6 Å². The molecule has 0 saturated heterocycles. The van der Waals surface area contributed by atoms with Gasteiger partial charge in [-0.05, 0) is 44.2 Å². The average molecular weight is 335 g/mol. The lowest BCUT2D eigenvalue weighted by Crippen LogP contribution is -2.35. The second kappa shape index (κ2) is 6.71. The third kappa shape index (κ3) is 3.18. The van der Waals surface area contributed by atoms with Crippen LogP contribution in [0.4, 0.5) is 8.78 Å². The summed E-state index contributed by atoms with van der Waals surface area (Å²) in [4.78, 5) is 24.5. The van der Waals surface area contributed by atoms with Crippen LogP contribution in [0, 0.1) is 11.6 Å². The van der Waals surface area contributed by atoms with Crippen molar-refractivity contribution >= 4 is 11.9 Å². The molecule has 24 heavy (non-hydrogen) atoms. The molecule has 1 amide bonds. The number of ether oxygens (including phenoxy) is 1. The van der Waals surface area contributed by atoms with Gasteiger partial charge in [0.2, 0.25) is 5.91 Å². The number of hydrogen-bond acceptors (Lipinski definition) is 3. The Kier molecular flexibility index (Phi) is 4.64. The maximum absolute atomic E-state index is 14.2. The van der Waals surface area contributed by atoms with Crippen LogP contribution in [0.1, 0.15) is 50.5 Å². The monoisotopic (exact) mass is 335 g/mol. The van der Waals surface area contributed by atoms with Crippen molar-refractivity contribution < 1.29 is 23.1 Å². The Morgan fingerprint density at radius 1 is 1.25 bits per heavy atom. The molecule has 1 saturated carbocycles. The maximum atomic E-state index is 14.2. The molecule has 0 aromatic heterocycles. The van der Waals surface area contributed by atoms with E-state index in [2.05, 4.69) is 5.32 Å². The Labute approximate surface area is 138 Å². The second-order valence-corrected chi connectivity index (χ2v) is 6.30. The standard InChI is InChI=1S/C18H19F2NO3/c1-10-16(18(23)24-11-5-2-3-6-11)13(9-15(22)21-10)12-7-4-8-14(19)17(12)20/h4,7-8,11,13H,2-3,5-6,9H2,1H3,(H,21,22). The van der Waals surface area contributed by atoms with E-state index in [0.717, 1.165) is 31.7 Å². The summed E-state index contributed by atoms with van der Waals surface area (Å²) in [7, 11) is 0. The Hall–Kier alpha value is -2.24. The van der Waals surface area contributed by atoms with Crippen molar-refractivity contribution in [1.29, 1.82) is 0 Å². The minimum absolute atomic E-state index is 0.00238. The largest absolute Gasteiger partial charge is 0.459 e. The fraction of sp³-hybridized carbons (Fsp3) is 0.444. The van der Waals surface area contributed by atoms with Crippen LogP contribution in [-0.2, 0) is 14.3 Å². The summed E-state index contributed by atoms with van der Waals surface area (Å²) in [6, 6.07) is 3.78. The normalized spacial score (nSPS) is 21.8. The van der Waals surface area contributed by atoms with Crippen LogP contribution in [0.25, 0.3) is 0 Å². The topological polar surface area (TPSA) is 55.4 Å². The molecule has 1 aromatic rings. The summed E-state index contributed by atoms with van der Waals surface area (Å²) in [5, 5.41) is 2.59. The zero-order chi connectivity index (χ0) is 17.3. The minimum atomic E-state index is -1.03. The number of carbonyl (C=O) groups is 2. The first kappa shape index (κ1) is 16.6. The Morgan fingerprint density at radius 2 is 1.96 bits per heavy atom. The quantitative estimate of drug-likeness (QED) is 0.862. The average Bonchev–Trinajstić information content (AvgIpc) is 3.02. The van der Waals surface area contributed by atoms with Gasteiger partial charge in [0.1, 0.15) is 6.10 Å². The van der Waals surface area contributed by atoms with Crippen molar-refractivity contribution in [3.05, 3.63) is 46.7 Å². The highest BCUT2D eigenvalue weighted by Crippen LogP contribution is 2.36. The summed E-state index contributed by atoms with van der Waals surface area (Å²) in [6.07, 6.45) is 3.37. The van der Waals surface area contributed by atoms with E-state index < -0.39 is 23.5 Å². The van der Waals surface area contributed by atoms with Gasteiger partial charge in [-0.2, -0.15) is 0 Å². The van der Waals surface area contributed by atoms with E-state index in [1.165, 1.54) is 12.1 Å². The molecule has 6 heteroatoms. The lowest BCUT2D eigenvalue weighted by Gasteiger charge is -2.27. The van der Waals surface area contributed by atoms with Crippen LogP contribution in [0.5, 0.6) is 0 Å². The first-order valence-corrected chi connectivity index (χ1v) is 8.13. The van der Waals surface area contributed by atoms with Gasteiger partial charge >= 0.3 is 5.97 Å². The van der Waals surface area contributed by atoms with Crippen LogP contribution >= 0.6 is 0 Å². The maximum Gasteiger partial charge on any atom is 0.336 e. The predicted octanol–water partition coefficient (Wildman–Crippen LogP) is 3.33. The van der Waals surface area contributed by atoms with E-state index in [9.17, 15) is 18.4 Å². The fourth-order valence-electron chi connectivity index (χ4n) is 3.45. The molecule has 1 heterocycles. The van der Waals surface area contributed by atoms with Gasteiger partial charge in [-0.1, -0.05) is 12.1 Å². The third-order valence-corrected chi connectivity index (χ3v) is 4.62. The molecular formula is C18H19F2NO3. The number of amides is 1. The molecule has 128 valence electrons. The molecule has 2 aliphatic rings. The summed E-state index contributed by atoms with van der Waals surface area (Å²) >= 11 is 0. The molecule has 0 radical (unpaired) electrons. The zero-order valence-electron chi connectivity index (χ0n) is 13.4. The Morgan fingerprint density at radius 3 is 2.67 bits per heavy atom. The molecule has 1 aliphatic carbocycles. The van der Waals surface area contributed by atoms with E-state index in [4.69, 9.17) is 4.74 Å². The molecule has 1 unspecified atom stereocenters. The van der Waals surface area contributed by atoms with Gasteiger partial charge in [0, 0.05) is 18.0 Å². The number of nitrogens with one attached hydrogen (secondary N) is 1. The zero-order valence-corrected chi connectivity index (χ0v) is 13.4. The van der Waals surface area contributed by atoms with Crippen LogP contribution < -0.4 is 5.32 Å². The van der Waals surface area contributed by atoms with Gasteiger partial charge in [0.25, 0.3) is 0 Å². The highest BCUT2D eigenvalue weighted by molar-refractivity contribution is 5.95. The highest BCUT2D eigenvalue weighted by atomic mass is 19.2. The smallest absolute Gasteiger partial charge is 0.336 e. The molecule has 1 fully saturated rings. The lowest BCUT2D eigenvalue weighted by atomic mass is 9.84. The Bertz CT molecular complexity index is 708. The molecule has 1 aliphatic heterocycles. The van der Waals surface area contributed by atoms with E-state index in [1.807, 2.05) is 0 Å². The molecule has 0 spiro atoms. The van der Waals surface area contributed by atoms with Gasteiger partial charge in [-0.3, -0.25) is 4.79 Å². The van der Waals surface area contributed by atoms with Crippen molar-refractivity contribution in [3.63, 3.8) is 0 Å². The summed E-state index contributed by atoms with van der Waals surface area (Å²) in [6.45, 7) is 1.58. The van der Waals surface area contributed by atoms with E-state index >= 15 is 0 Å². The second-order valence-electron chi connectivity index (χ2n) is 6.30. The molecular weight excluding hydrogens is 316 g/mol. The Balaban J connectivity index is 1.95. The number of allylic oxidation sites excluding steroid dienone is 1. The molecule has 3 rings (SSSR count). The van der Waals surface area contributed by atoms with E-state index in [-0.39, 0.29) is 29.6 Å². The van der Waals surface area contributed by atoms with Gasteiger partial charge < -0.3 is 10.1 Å². The number of esters is 1. The van der Waals surface area contributed by atoms with Crippen LogP contribution in [0.2, 0.25) is 0 Å². The van der Waals surface area contributed by atoms with Gasteiger partial charge in [0.05, 0.1) is 5.57 Å². The first-order chi connectivity index (χ1) is 11.5. The molecule has 1 aromatic carbocycles. The van der Waals surface area contributed by atoms with Crippen molar-refractivity contribution in [1.82, 2.24) is 5.32 Å². The molecule has 1 atom stereocenters. The van der Waals surface area contributed by atoms with Gasteiger partial charge in [-0.15, -0.1) is 0 Å². The SMILES string of the molecule is CC1=C(C(=O)OC2CCCC2)C(c2cccc(F)c2F)CC(=O)N1. The molecule has 1 N–H and O–H groups in total. The summed E-state index contributed by atoms with van der Waals surface area (Å²) in [5.74, 6) is -3.77. The van der Waals surface area contributed by atoms with Crippen LogP contribution in [0.3, 0.4) is 0 Å². The van der Waals surface area contributed by atoms with Crippen molar-refractivity contribution in [2.45, 2.75) is 51.0 Å². The number of hydrogen-bond donors (Lipinski definition) is 1. The van der Waals surface area contributed by atoms with Crippen molar-refractivity contribution in [3.8, 4) is 0 Å². The van der Waals surface area contributed by atoms with E-state index in [1.54, 1.807) is 6.92 Å². The van der Waals surface area contributed by atoms with Gasteiger partial charge in [-0.25, -0.2) is 13.6 Å². The number of benzene rings is 1. The number of halogens is 2. The number of rotatable bonds is 3. The highest BCUT2D eigenvalue weighted by Gasteiger charge is 2.36. The first-order valence-electron chi connectivity index (χ1n) is 8.13. The predicted molar refractivity (Wildman–Crippen MR) is 82.9 cm³/mol. The van der Waals surface area contributed by atoms with Crippen LogP contribution in [-0.4, -0.2) is 18.0 Å². The van der Waals surface area contributed by atoms with Crippen molar-refractivity contribution in [2.24, 2.45) is 0 Å². The summed E-state index contributed by atoms with van der Waals surface area (Å²) < 4.78 is 33.3. The fourth-order valence-corrected chi connectivity index (χ4v) is 3.45. The van der Waals surface area contributed by atoms with Crippen LogP contribution in [0.15, 0.2) is 29.5 Å².